The van der Waals surface area contributed by atoms with Gasteiger partial charge in [-0.05, 0) is 12.8 Å². The average Bonchev–Trinajstić information content (AvgIpc) is 2.17. The maximum atomic E-state index is 5.80. The van der Waals surface area contributed by atoms with Crippen LogP contribution in [-0.4, -0.2) is 31.3 Å². The molecule has 84 valence electrons. The Hall–Kier alpha value is 0.400. The van der Waals surface area contributed by atoms with Crippen LogP contribution in [0.2, 0.25) is 0 Å². The zero-order valence-electron chi connectivity index (χ0n) is 9.01. The second-order valence-electron chi connectivity index (χ2n) is 3.91. The predicted octanol–water partition coefficient (Wildman–Crippen LogP) is 3.14. The molecule has 0 aliphatic heterocycles. The zero-order chi connectivity index (χ0) is 10.2. The van der Waals surface area contributed by atoms with E-state index in [-0.39, 0.29) is 0 Å². The van der Waals surface area contributed by atoms with Crippen LogP contribution in [0.15, 0.2) is 0 Å². The fraction of sp³-hybridized carbons (Fsp3) is 1.00. The van der Waals surface area contributed by atoms with Crippen molar-refractivity contribution in [2.24, 2.45) is 0 Å². The van der Waals surface area contributed by atoms with Crippen LogP contribution in [0.4, 0.5) is 0 Å². The summed E-state index contributed by atoms with van der Waals surface area (Å²) in [7, 11) is 1.72. The lowest BCUT2D eigenvalue weighted by Gasteiger charge is -2.25. The number of ether oxygens (including phenoxy) is 2. The van der Waals surface area contributed by atoms with Crippen LogP contribution in [0.25, 0.3) is 0 Å². The molecule has 0 spiro atoms. The van der Waals surface area contributed by atoms with Crippen LogP contribution in [0.5, 0.6) is 0 Å². The Kier molecular flexibility index (Phi) is 6.82. The van der Waals surface area contributed by atoms with E-state index in [9.17, 15) is 0 Å². The normalized spacial score (nSPS) is 29.6. The van der Waals surface area contributed by atoms with Gasteiger partial charge >= 0.3 is 0 Å². The minimum atomic E-state index is 0.394. The largest absolute Gasteiger partial charge is 0.382 e. The minimum Gasteiger partial charge on any atom is -0.382 e. The summed E-state index contributed by atoms with van der Waals surface area (Å²) in [6.07, 6.45) is 8.22. The van der Waals surface area contributed by atoms with Gasteiger partial charge in [-0.25, -0.2) is 0 Å². The molecule has 3 heteroatoms. The van der Waals surface area contributed by atoms with E-state index in [2.05, 4.69) is 15.9 Å². The SMILES string of the molecule is COCCOC1CCCCCCC1Br. The monoisotopic (exact) mass is 264 g/mol. The molecule has 0 saturated heterocycles. The molecule has 1 saturated carbocycles. The standard InChI is InChI=1S/C11H21BrO2/c1-13-8-9-14-11-7-5-3-2-4-6-10(11)12/h10-11H,2-9H2,1H3. The van der Waals surface area contributed by atoms with Gasteiger partial charge in [-0.2, -0.15) is 0 Å². The highest BCUT2D eigenvalue weighted by atomic mass is 79.9. The lowest BCUT2D eigenvalue weighted by Crippen LogP contribution is -2.27. The van der Waals surface area contributed by atoms with Gasteiger partial charge in [-0.1, -0.05) is 41.6 Å². The lowest BCUT2D eigenvalue weighted by molar-refractivity contribution is 0.00922. The Morgan fingerprint density at radius 1 is 1.07 bits per heavy atom. The maximum Gasteiger partial charge on any atom is 0.0704 e. The second-order valence-corrected chi connectivity index (χ2v) is 5.09. The first-order valence-corrected chi connectivity index (χ1v) is 6.51. The van der Waals surface area contributed by atoms with Crippen molar-refractivity contribution in [2.45, 2.75) is 49.5 Å². The molecular formula is C11H21BrO2. The smallest absolute Gasteiger partial charge is 0.0704 e. The molecule has 0 radical (unpaired) electrons. The van der Waals surface area contributed by atoms with Gasteiger partial charge in [0.05, 0.1) is 19.3 Å². The van der Waals surface area contributed by atoms with Crippen LogP contribution in [0.1, 0.15) is 38.5 Å². The summed E-state index contributed by atoms with van der Waals surface area (Å²) in [5.74, 6) is 0. The van der Waals surface area contributed by atoms with E-state index in [1.807, 2.05) is 0 Å². The molecular weight excluding hydrogens is 244 g/mol. The predicted molar refractivity (Wildman–Crippen MR) is 62.0 cm³/mol. The van der Waals surface area contributed by atoms with Crippen molar-refractivity contribution >= 4 is 15.9 Å². The topological polar surface area (TPSA) is 18.5 Å². The highest BCUT2D eigenvalue weighted by molar-refractivity contribution is 9.09. The number of hydrogen-bond donors (Lipinski definition) is 0. The van der Waals surface area contributed by atoms with Gasteiger partial charge in [0, 0.05) is 11.9 Å². The number of hydrogen-bond acceptors (Lipinski definition) is 2. The number of rotatable bonds is 4. The second kappa shape index (κ2) is 7.66. The maximum absolute atomic E-state index is 5.80. The van der Waals surface area contributed by atoms with Gasteiger partial charge in [0.15, 0.2) is 0 Å². The Labute approximate surface area is 95.5 Å². The molecule has 1 fully saturated rings. The van der Waals surface area contributed by atoms with Crippen molar-refractivity contribution in [3.63, 3.8) is 0 Å². The molecule has 0 heterocycles. The van der Waals surface area contributed by atoms with Crippen LogP contribution in [-0.2, 0) is 9.47 Å². The summed E-state index contributed by atoms with van der Waals surface area (Å²) in [4.78, 5) is 0.541. The first-order chi connectivity index (χ1) is 6.84. The molecule has 0 aromatic heterocycles. The Morgan fingerprint density at radius 3 is 2.50 bits per heavy atom. The number of methoxy groups -OCH3 is 1. The third kappa shape index (κ3) is 4.76. The fourth-order valence-corrected chi connectivity index (χ4v) is 2.62. The third-order valence-electron chi connectivity index (χ3n) is 2.74. The van der Waals surface area contributed by atoms with Crippen molar-refractivity contribution in [1.29, 1.82) is 0 Å². The molecule has 1 rings (SSSR count). The summed E-state index contributed by atoms with van der Waals surface area (Å²) >= 11 is 3.73. The molecule has 1 aliphatic rings. The van der Waals surface area contributed by atoms with E-state index in [4.69, 9.17) is 9.47 Å². The Morgan fingerprint density at radius 2 is 1.79 bits per heavy atom. The number of alkyl halides is 1. The van der Waals surface area contributed by atoms with E-state index in [0.717, 1.165) is 6.61 Å². The van der Waals surface area contributed by atoms with Gasteiger partial charge in [-0.15, -0.1) is 0 Å². The minimum absolute atomic E-state index is 0.394. The molecule has 14 heavy (non-hydrogen) atoms. The average molecular weight is 265 g/mol. The van der Waals surface area contributed by atoms with Crippen molar-refractivity contribution in [2.75, 3.05) is 20.3 Å². The van der Waals surface area contributed by atoms with Gasteiger partial charge in [0.2, 0.25) is 0 Å². The van der Waals surface area contributed by atoms with Crippen LogP contribution in [0, 0.1) is 0 Å². The summed E-state index contributed by atoms with van der Waals surface area (Å²) in [6.45, 7) is 1.43. The third-order valence-corrected chi connectivity index (χ3v) is 3.79. The molecule has 0 bridgehead atoms. The van der Waals surface area contributed by atoms with Crippen molar-refractivity contribution in [1.82, 2.24) is 0 Å². The fourth-order valence-electron chi connectivity index (χ4n) is 1.88. The molecule has 0 amide bonds. The van der Waals surface area contributed by atoms with Crippen LogP contribution in [0.3, 0.4) is 0 Å². The summed E-state index contributed by atoms with van der Waals surface area (Å²) < 4.78 is 10.8. The molecule has 0 aromatic rings. The summed E-state index contributed by atoms with van der Waals surface area (Å²) in [5.41, 5.74) is 0. The van der Waals surface area contributed by atoms with E-state index >= 15 is 0 Å². The highest BCUT2D eigenvalue weighted by Crippen LogP contribution is 2.25. The highest BCUT2D eigenvalue weighted by Gasteiger charge is 2.20. The quantitative estimate of drug-likeness (QED) is 0.574. The Balaban J connectivity index is 2.22. The molecule has 2 nitrogen and oxygen atoms in total. The molecule has 0 N–H and O–H groups in total. The van der Waals surface area contributed by atoms with E-state index in [1.54, 1.807) is 7.11 Å². The Bertz CT molecular complexity index is 141. The molecule has 2 atom stereocenters. The molecule has 1 aliphatic carbocycles. The first-order valence-electron chi connectivity index (χ1n) is 5.59. The van der Waals surface area contributed by atoms with Crippen LogP contribution < -0.4 is 0 Å². The first kappa shape index (κ1) is 12.5. The van der Waals surface area contributed by atoms with Crippen LogP contribution >= 0.6 is 15.9 Å². The zero-order valence-corrected chi connectivity index (χ0v) is 10.6. The van der Waals surface area contributed by atoms with Gasteiger partial charge in [-0.3, -0.25) is 0 Å². The van der Waals surface area contributed by atoms with Crippen molar-refractivity contribution < 1.29 is 9.47 Å². The van der Waals surface area contributed by atoms with Gasteiger partial charge in [0.1, 0.15) is 0 Å². The molecule has 0 aromatic carbocycles. The van der Waals surface area contributed by atoms with Crippen molar-refractivity contribution in [3.05, 3.63) is 0 Å². The van der Waals surface area contributed by atoms with Crippen molar-refractivity contribution in [3.8, 4) is 0 Å². The van der Waals surface area contributed by atoms with Gasteiger partial charge < -0.3 is 9.47 Å². The van der Waals surface area contributed by atoms with E-state index < -0.39 is 0 Å². The van der Waals surface area contributed by atoms with E-state index in [0.29, 0.717) is 17.5 Å². The van der Waals surface area contributed by atoms with E-state index in [1.165, 1.54) is 38.5 Å². The number of halogens is 1. The van der Waals surface area contributed by atoms with Gasteiger partial charge in [0.25, 0.3) is 0 Å². The summed E-state index contributed by atoms with van der Waals surface area (Å²) in [6, 6.07) is 0. The lowest BCUT2D eigenvalue weighted by atomic mass is 9.98. The summed E-state index contributed by atoms with van der Waals surface area (Å²) in [5, 5.41) is 0. The molecule has 2 unspecified atom stereocenters.